The van der Waals surface area contributed by atoms with E-state index in [1.807, 2.05) is 0 Å². The number of aliphatic hydroxyl groups excluding tert-OH is 1. The third kappa shape index (κ3) is 11.2. The van der Waals surface area contributed by atoms with Crippen molar-refractivity contribution in [2.45, 2.75) is 63.7 Å². The normalized spacial score (nSPS) is 14.5. The monoisotopic (exact) mass is 461 g/mol. The summed E-state index contributed by atoms with van der Waals surface area (Å²) in [6.45, 7) is 2.56. The van der Waals surface area contributed by atoms with E-state index < -0.39 is 72.8 Å². The number of primary amides is 1. The van der Waals surface area contributed by atoms with E-state index in [9.17, 15) is 28.8 Å². The van der Waals surface area contributed by atoms with E-state index in [0.717, 1.165) is 0 Å². The van der Waals surface area contributed by atoms with Gasteiger partial charge in [-0.3, -0.25) is 24.0 Å². The van der Waals surface area contributed by atoms with Gasteiger partial charge in [-0.2, -0.15) is 0 Å². The molecule has 0 aliphatic rings. The van der Waals surface area contributed by atoms with E-state index in [1.54, 1.807) is 13.8 Å². The molecule has 4 unspecified atom stereocenters. The fraction of sp³-hybridized carbons (Fsp3) is 0.667. The van der Waals surface area contributed by atoms with Gasteiger partial charge < -0.3 is 42.7 Å². The van der Waals surface area contributed by atoms with Crippen molar-refractivity contribution in [3.8, 4) is 0 Å². The SMILES string of the molecule is CC(C)CC(NC(=O)C(CC(=O)O)NC(=O)C(N)CCC(N)=O)C(=O)NC(CO)C(=O)O. The second kappa shape index (κ2) is 13.9. The quantitative estimate of drug-likeness (QED) is 0.120. The van der Waals surface area contributed by atoms with Crippen molar-refractivity contribution in [2.75, 3.05) is 6.61 Å². The first-order valence-electron chi connectivity index (χ1n) is 9.78. The van der Waals surface area contributed by atoms with Crippen molar-refractivity contribution in [3.05, 3.63) is 0 Å². The Balaban J connectivity index is 5.41. The number of hydrogen-bond donors (Lipinski definition) is 8. The van der Waals surface area contributed by atoms with E-state index in [2.05, 4.69) is 16.0 Å². The Kier molecular flexibility index (Phi) is 12.5. The number of carbonyl (C=O) groups is 6. The Hall–Kier alpha value is -3.26. The summed E-state index contributed by atoms with van der Waals surface area (Å²) in [4.78, 5) is 70.2. The molecule has 0 bridgehead atoms. The largest absolute Gasteiger partial charge is 0.481 e. The van der Waals surface area contributed by atoms with Gasteiger partial charge in [0.25, 0.3) is 0 Å². The average Bonchev–Trinajstić information content (AvgIpc) is 2.67. The molecule has 0 aromatic carbocycles. The number of aliphatic carboxylic acids is 2. The molecule has 4 amide bonds. The topological polar surface area (TPSA) is 251 Å². The summed E-state index contributed by atoms with van der Waals surface area (Å²) < 4.78 is 0. The molecule has 0 aromatic heterocycles. The zero-order valence-electron chi connectivity index (χ0n) is 17.9. The average molecular weight is 461 g/mol. The predicted octanol–water partition coefficient (Wildman–Crippen LogP) is -3.37. The van der Waals surface area contributed by atoms with Crippen LogP contribution in [0.15, 0.2) is 0 Å². The summed E-state index contributed by atoms with van der Waals surface area (Å²) in [5, 5.41) is 33.6. The van der Waals surface area contributed by atoms with Crippen molar-refractivity contribution in [1.29, 1.82) is 0 Å². The third-order valence-corrected chi connectivity index (χ3v) is 4.19. The van der Waals surface area contributed by atoms with Crippen molar-refractivity contribution in [2.24, 2.45) is 17.4 Å². The number of nitrogens with two attached hydrogens (primary N) is 2. The number of amides is 4. The molecule has 0 heterocycles. The van der Waals surface area contributed by atoms with E-state index in [1.165, 1.54) is 0 Å². The number of hydrogen-bond acceptors (Lipinski definition) is 8. The zero-order valence-corrected chi connectivity index (χ0v) is 17.9. The molecule has 32 heavy (non-hydrogen) atoms. The maximum Gasteiger partial charge on any atom is 0.328 e. The van der Waals surface area contributed by atoms with Crippen LogP contribution >= 0.6 is 0 Å². The van der Waals surface area contributed by atoms with Gasteiger partial charge in [-0.05, 0) is 18.8 Å². The van der Waals surface area contributed by atoms with Gasteiger partial charge in [-0.1, -0.05) is 13.8 Å². The summed E-state index contributed by atoms with van der Waals surface area (Å²) in [6.07, 6.45) is -1.10. The Morgan fingerprint density at radius 3 is 1.78 bits per heavy atom. The number of nitrogens with one attached hydrogen (secondary N) is 3. The molecule has 0 saturated heterocycles. The van der Waals surface area contributed by atoms with Crippen LogP contribution in [0.5, 0.6) is 0 Å². The molecule has 14 nitrogen and oxygen atoms in total. The van der Waals surface area contributed by atoms with Crippen molar-refractivity contribution < 1.29 is 44.1 Å². The van der Waals surface area contributed by atoms with Crippen LogP contribution in [0.25, 0.3) is 0 Å². The smallest absolute Gasteiger partial charge is 0.328 e. The zero-order chi connectivity index (χ0) is 25.0. The first kappa shape index (κ1) is 28.7. The fourth-order valence-corrected chi connectivity index (χ4v) is 2.52. The highest BCUT2D eigenvalue weighted by molar-refractivity contribution is 5.95. The highest BCUT2D eigenvalue weighted by Crippen LogP contribution is 2.07. The van der Waals surface area contributed by atoms with E-state index >= 15 is 0 Å². The van der Waals surface area contributed by atoms with Crippen LogP contribution in [0.2, 0.25) is 0 Å². The summed E-state index contributed by atoms with van der Waals surface area (Å²) in [5.41, 5.74) is 10.6. The summed E-state index contributed by atoms with van der Waals surface area (Å²) >= 11 is 0. The Morgan fingerprint density at radius 2 is 1.34 bits per heavy atom. The number of carboxylic acid groups (broad SMARTS) is 2. The van der Waals surface area contributed by atoms with Crippen molar-refractivity contribution in [1.82, 2.24) is 16.0 Å². The molecule has 0 saturated carbocycles. The summed E-state index contributed by atoms with van der Waals surface area (Å²) in [6, 6.07) is -5.71. The first-order valence-corrected chi connectivity index (χ1v) is 9.78. The first-order chi connectivity index (χ1) is 14.8. The lowest BCUT2D eigenvalue weighted by molar-refractivity contribution is -0.144. The standard InChI is InChI=1S/C18H31N5O9/c1-8(2)5-10(16(29)23-12(7-24)18(31)32)22-17(30)11(6-14(26)27)21-15(28)9(19)3-4-13(20)25/h8-12,24H,3-7,19H2,1-2H3,(H2,20,25)(H,21,28)(H,22,30)(H,23,29)(H,26,27)(H,31,32). The Bertz CT molecular complexity index is 713. The maximum atomic E-state index is 12.6. The van der Waals surface area contributed by atoms with Crippen molar-refractivity contribution >= 4 is 35.6 Å². The van der Waals surface area contributed by atoms with Gasteiger partial charge >= 0.3 is 11.9 Å². The van der Waals surface area contributed by atoms with Crippen molar-refractivity contribution in [3.63, 3.8) is 0 Å². The van der Waals surface area contributed by atoms with Crippen LogP contribution in [-0.4, -0.2) is 81.7 Å². The molecule has 14 heteroatoms. The molecule has 0 aliphatic carbocycles. The van der Waals surface area contributed by atoms with E-state index in [4.69, 9.17) is 26.8 Å². The van der Waals surface area contributed by atoms with Gasteiger partial charge in [0.1, 0.15) is 18.1 Å². The Labute approximate surface area is 184 Å². The van der Waals surface area contributed by atoms with Gasteiger partial charge in [0.2, 0.25) is 23.6 Å². The highest BCUT2D eigenvalue weighted by Gasteiger charge is 2.31. The predicted molar refractivity (Wildman–Crippen MR) is 109 cm³/mol. The molecule has 0 radical (unpaired) electrons. The minimum Gasteiger partial charge on any atom is -0.481 e. The van der Waals surface area contributed by atoms with Gasteiger partial charge in [0.05, 0.1) is 19.1 Å². The lowest BCUT2D eigenvalue weighted by Crippen LogP contribution is -2.58. The van der Waals surface area contributed by atoms with Crippen LogP contribution < -0.4 is 27.4 Å². The molecule has 0 aliphatic heterocycles. The van der Waals surface area contributed by atoms with Crippen LogP contribution in [0, 0.1) is 5.92 Å². The molecular weight excluding hydrogens is 430 g/mol. The van der Waals surface area contributed by atoms with E-state index in [-0.39, 0.29) is 25.2 Å². The lowest BCUT2D eigenvalue weighted by Gasteiger charge is -2.25. The third-order valence-electron chi connectivity index (χ3n) is 4.19. The minimum absolute atomic E-state index is 0.0568. The lowest BCUT2D eigenvalue weighted by atomic mass is 10.0. The molecule has 182 valence electrons. The van der Waals surface area contributed by atoms with Gasteiger partial charge in [-0.25, -0.2) is 4.79 Å². The number of carboxylic acids is 2. The molecule has 10 N–H and O–H groups in total. The van der Waals surface area contributed by atoms with E-state index in [0.29, 0.717) is 0 Å². The maximum absolute atomic E-state index is 12.6. The second-order valence-electron chi connectivity index (χ2n) is 7.54. The number of aliphatic hydroxyl groups is 1. The second-order valence-corrected chi connectivity index (χ2v) is 7.54. The molecule has 0 rings (SSSR count). The van der Waals surface area contributed by atoms with Gasteiger partial charge in [0, 0.05) is 6.42 Å². The molecule has 0 fully saturated rings. The summed E-state index contributed by atoms with van der Waals surface area (Å²) in [7, 11) is 0. The van der Waals surface area contributed by atoms with Crippen LogP contribution in [0.4, 0.5) is 0 Å². The molecule has 0 aromatic rings. The Morgan fingerprint density at radius 1 is 0.844 bits per heavy atom. The summed E-state index contributed by atoms with van der Waals surface area (Å²) in [5.74, 6) is -6.57. The van der Waals surface area contributed by atoms with Gasteiger partial charge in [-0.15, -0.1) is 0 Å². The van der Waals surface area contributed by atoms with Gasteiger partial charge in [0.15, 0.2) is 0 Å². The number of carbonyl (C=O) groups excluding carboxylic acids is 4. The van der Waals surface area contributed by atoms with Crippen LogP contribution in [0.3, 0.4) is 0 Å². The molecule has 4 atom stereocenters. The fourth-order valence-electron chi connectivity index (χ4n) is 2.52. The van der Waals surface area contributed by atoms with Crippen LogP contribution in [-0.2, 0) is 28.8 Å². The molecule has 0 spiro atoms. The van der Waals surface area contributed by atoms with Crippen LogP contribution in [0.1, 0.15) is 39.5 Å². The minimum atomic E-state index is -1.60. The highest BCUT2D eigenvalue weighted by atomic mass is 16.4. The number of rotatable bonds is 15. The molecular formula is C18H31N5O9.